The number of thioether (sulfide) groups is 1. The van der Waals surface area contributed by atoms with Gasteiger partial charge in [0, 0.05) is 24.6 Å². The number of rotatable bonds is 4. The quantitative estimate of drug-likeness (QED) is 0.512. The number of benzene rings is 1. The van der Waals surface area contributed by atoms with E-state index in [2.05, 4.69) is 9.89 Å². The van der Waals surface area contributed by atoms with Crippen LogP contribution in [0.15, 0.2) is 23.2 Å². The maximum Gasteiger partial charge on any atom is 0.341 e. The number of aliphatic imine (C=N–C) groups is 1. The highest BCUT2D eigenvalue weighted by molar-refractivity contribution is 7.99. The molecule has 1 saturated heterocycles. The van der Waals surface area contributed by atoms with E-state index in [1.165, 1.54) is 14.2 Å². The van der Waals surface area contributed by atoms with E-state index < -0.39 is 5.97 Å². The van der Waals surface area contributed by atoms with Crippen molar-refractivity contribution in [1.82, 2.24) is 4.90 Å². The Morgan fingerprint density at radius 2 is 2.09 bits per heavy atom. The molecule has 120 valence electrons. The van der Waals surface area contributed by atoms with E-state index in [4.69, 9.17) is 15.2 Å². The molecule has 22 heavy (non-hydrogen) atoms. The summed E-state index contributed by atoms with van der Waals surface area (Å²) in [5.41, 5.74) is 7.36. The third kappa shape index (κ3) is 4.07. The van der Waals surface area contributed by atoms with Gasteiger partial charge in [-0.15, -0.1) is 0 Å². The largest absolute Gasteiger partial charge is 0.496 e. The molecule has 2 N–H and O–H groups in total. The summed E-state index contributed by atoms with van der Waals surface area (Å²) in [5.74, 6) is 2.79. The van der Waals surface area contributed by atoms with Crippen LogP contribution in [-0.4, -0.2) is 55.6 Å². The average Bonchev–Trinajstić information content (AvgIpc) is 2.59. The molecule has 0 aliphatic carbocycles. The third-order valence-corrected chi connectivity index (χ3v) is 4.37. The minimum Gasteiger partial charge on any atom is -0.496 e. The van der Waals surface area contributed by atoms with E-state index in [1.54, 1.807) is 12.1 Å². The number of carbonyl (C=O) groups is 1. The second-order valence-corrected chi connectivity index (χ2v) is 6.02. The standard InChI is InChI=1S/C15H21N3O3S/c1-20-13-9-11(3-4-12(13)14(19)21-2)10-17-15(16)18-5-7-22-8-6-18/h3-4,9H,5-8,10H2,1-2H3,(H2,16,17). The molecule has 0 radical (unpaired) electrons. The summed E-state index contributed by atoms with van der Waals surface area (Å²) < 4.78 is 9.96. The number of carbonyl (C=O) groups excluding carboxylic acids is 1. The second-order valence-electron chi connectivity index (χ2n) is 4.80. The highest BCUT2D eigenvalue weighted by atomic mass is 32.2. The van der Waals surface area contributed by atoms with Crippen molar-refractivity contribution < 1.29 is 14.3 Å². The lowest BCUT2D eigenvalue weighted by Crippen LogP contribution is -2.42. The van der Waals surface area contributed by atoms with Gasteiger partial charge in [-0.05, 0) is 17.7 Å². The van der Waals surface area contributed by atoms with Crippen molar-refractivity contribution in [2.45, 2.75) is 6.54 Å². The van der Waals surface area contributed by atoms with Crippen molar-refractivity contribution in [3.05, 3.63) is 29.3 Å². The van der Waals surface area contributed by atoms with Gasteiger partial charge in [-0.3, -0.25) is 0 Å². The lowest BCUT2D eigenvalue weighted by atomic mass is 10.1. The Morgan fingerprint density at radius 3 is 2.73 bits per heavy atom. The molecule has 1 aliphatic heterocycles. The van der Waals surface area contributed by atoms with E-state index in [1.807, 2.05) is 17.8 Å². The van der Waals surface area contributed by atoms with Crippen molar-refractivity contribution in [3.8, 4) is 5.75 Å². The van der Waals surface area contributed by atoms with Gasteiger partial charge in [0.1, 0.15) is 11.3 Å². The molecule has 1 fully saturated rings. The van der Waals surface area contributed by atoms with Gasteiger partial charge in [-0.25, -0.2) is 9.79 Å². The Balaban J connectivity index is 2.07. The molecule has 0 atom stereocenters. The SMILES string of the molecule is COC(=O)c1ccc(CN=C(N)N2CCSCC2)cc1OC. The van der Waals surface area contributed by atoms with Crippen molar-refractivity contribution in [2.24, 2.45) is 10.7 Å². The van der Waals surface area contributed by atoms with Crippen LogP contribution >= 0.6 is 11.8 Å². The molecule has 2 rings (SSSR count). The molecule has 0 spiro atoms. The van der Waals surface area contributed by atoms with Crippen molar-refractivity contribution in [1.29, 1.82) is 0 Å². The van der Waals surface area contributed by atoms with Crippen LogP contribution < -0.4 is 10.5 Å². The molecule has 0 bridgehead atoms. The molecule has 0 unspecified atom stereocenters. The Labute approximate surface area is 134 Å². The average molecular weight is 323 g/mol. The number of hydrogen-bond donors (Lipinski definition) is 1. The predicted molar refractivity (Wildman–Crippen MR) is 88.6 cm³/mol. The molecular weight excluding hydrogens is 302 g/mol. The molecule has 1 heterocycles. The van der Waals surface area contributed by atoms with Gasteiger partial charge in [0.15, 0.2) is 5.96 Å². The molecule has 7 heteroatoms. The molecule has 1 aliphatic rings. The summed E-state index contributed by atoms with van der Waals surface area (Å²) in [6.07, 6.45) is 0. The zero-order valence-electron chi connectivity index (χ0n) is 12.9. The third-order valence-electron chi connectivity index (χ3n) is 3.43. The monoisotopic (exact) mass is 323 g/mol. The number of esters is 1. The van der Waals surface area contributed by atoms with E-state index in [-0.39, 0.29) is 0 Å². The van der Waals surface area contributed by atoms with Gasteiger partial charge < -0.3 is 20.1 Å². The summed E-state index contributed by atoms with van der Waals surface area (Å²) >= 11 is 1.93. The molecular formula is C15H21N3O3S. The normalized spacial score (nSPS) is 15.5. The molecule has 0 amide bonds. The summed E-state index contributed by atoms with van der Waals surface area (Å²) in [6, 6.07) is 5.30. The maximum atomic E-state index is 11.6. The fraction of sp³-hybridized carbons (Fsp3) is 0.467. The fourth-order valence-electron chi connectivity index (χ4n) is 2.18. The first-order valence-corrected chi connectivity index (χ1v) is 8.19. The van der Waals surface area contributed by atoms with Crippen LogP contribution in [0.1, 0.15) is 15.9 Å². The van der Waals surface area contributed by atoms with Gasteiger partial charge in [0.2, 0.25) is 0 Å². The number of guanidine groups is 1. The minimum absolute atomic E-state index is 0.402. The smallest absolute Gasteiger partial charge is 0.341 e. The van der Waals surface area contributed by atoms with Crippen molar-refractivity contribution in [2.75, 3.05) is 38.8 Å². The zero-order chi connectivity index (χ0) is 15.9. The molecule has 0 saturated carbocycles. The Kier molecular flexibility index (Phi) is 5.94. The maximum absolute atomic E-state index is 11.6. The van der Waals surface area contributed by atoms with Crippen LogP contribution in [0, 0.1) is 0 Å². The number of nitrogens with two attached hydrogens (primary N) is 1. The summed E-state index contributed by atoms with van der Waals surface area (Å²) in [7, 11) is 2.87. The Bertz CT molecular complexity index is 557. The highest BCUT2D eigenvalue weighted by Gasteiger charge is 2.14. The van der Waals surface area contributed by atoms with E-state index in [0.717, 1.165) is 30.2 Å². The van der Waals surface area contributed by atoms with Gasteiger partial charge in [-0.1, -0.05) is 6.07 Å². The van der Waals surface area contributed by atoms with Gasteiger partial charge in [-0.2, -0.15) is 11.8 Å². The number of methoxy groups -OCH3 is 2. The first-order chi connectivity index (χ1) is 10.7. The van der Waals surface area contributed by atoms with Crippen LogP contribution in [0.25, 0.3) is 0 Å². The van der Waals surface area contributed by atoms with Crippen molar-refractivity contribution in [3.63, 3.8) is 0 Å². The van der Waals surface area contributed by atoms with E-state index in [9.17, 15) is 4.79 Å². The van der Waals surface area contributed by atoms with E-state index >= 15 is 0 Å². The number of nitrogens with zero attached hydrogens (tertiary/aromatic N) is 2. The van der Waals surface area contributed by atoms with Gasteiger partial charge in [0.05, 0.1) is 20.8 Å². The fourth-order valence-corrected chi connectivity index (χ4v) is 3.08. The van der Waals surface area contributed by atoms with Crippen LogP contribution in [0.3, 0.4) is 0 Å². The Hall–Kier alpha value is -1.89. The van der Waals surface area contributed by atoms with E-state index in [0.29, 0.717) is 23.8 Å². The topological polar surface area (TPSA) is 77.1 Å². The van der Waals surface area contributed by atoms with Crippen LogP contribution in [-0.2, 0) is 11.3 Å². The Morgan fingerprint density at radius 1 is 1.36 bits per heavy atom. The first kappa shape index (κ1) is 16.5. The highest BCUT2D eigenvalue weighted by Crippen LogP contribution is 2.21. The molecule has 1 aromatic rings. The molecule has 0 aromatic heterocycles. The second kappa shape index (κ2) is 7.93. The van der Waals surface area contributed by atoms with Gasteiger partial charge in [0.25, 0.3) is 0 Å². The number of ether oxygens (including phenoxy) is 2. The zero-order valence-corrected chi connectivity index (χ0v) is 13.7. The minimum atomic E-state index is -0.419. The molecule has 1 aromatic carbocycles. The van der Waals surface area contributed by atoms with Crippen LogP contribution in [0.5, 0.6) is 5.75 Å². The van der Waals surface area contributed by atoms with Gasteiger partial charge >= 0.3 is 5.97 Å². The number of hydrogen-bond acceptors (Lipinski definition) is 5. The lowest BCUT2D eigenvalue weighted by Gasteiger charge is -2.27. The van der Waals surface area contributed by atoms with Crippen LogP contribution in [0.4, 0.5) is 0 Å². The summed E-state index contributed by atoms with van der Waals surface area (Å²) in [4.78, 5) is 18.1. The summed E-state index contributed by atoms with van der Waals surface area (Å²) in [5, 5.41) is 0. The van der Waals surface area contributed by atoms with Crippen LogP contribution in [0.2, 0.25) is 0 Å². The lowest BCUT2D eigenvalue weighted by molar-refractivity contribution is 0.0597. The predicted octanol–water partition coefficient (Wildman–Crippen LogP) is 1.35. The van der Waals surface area contributed by atoms with Crippen molar-refractivity contribution >= 4 is 23.7 Å². The molecule has 6 nitrogen and oxygen atoms in total. The summed E-state index contributed by atoms with van der Waals surface area (Å²) in [6.45, 7) is 2.32. The first-order valence-electron chi connectivity index (χ1n) is 7.03.